The number of carbonyl (C=O) groups excluding carboxylic acids is 2. The molecule has 1 saturated carbocycles. The molecular formula is C16H29N3O2. The summed E-state index contributed by atoms with van der Waals surface area (Å²) >= 11 is 0. The van der Waals surface area contributed by atoms with Gasteiger partial charge in [-0.25, -0.2) is 0 Å². The molecule has 120 valence electrons. The van der Waals surface area contributed by atoms with Crippen LogP contribution in [0.5, 0.6) is 0 Å². The van der Waals surface area contributed by atoms with Gasteiger partial charge < -0.3 is 10.2 Å². The third-order valence-corrected chi connectivity index (χ3v) is 4.18. The summed E-state index contributed by atoms with van der Waals surface area (Å²) in [6.07, 6.45) is 4.20. The van der Waals surface area contributed by atoms with Crippen molar-refractivity contribution in [2.75, 3.05) is 26.7 Å². The molecule has 0 spiro atoms. The highest BCUT2D eigenvalue weighted by molar-refractivity contribution is 5.81. The molecule has 21 heavy (non-hydrogen) atoms. The molecule has 5 heteroatoms. The van der Waals surface area contributed by atoms with Crippen molar-refractivity contribution in [3.63, 3.8) is 0 Å². The molecule has 1 aliphatic heterocycles. The smallest absolute Gasteiger partial charge is 0.234 e. The van der Waals surface area contributed by atoms with Crippen LogP contribution < -0.4 is 5.32 Å². The Morgan fingerprint density at radius 3 is 2.48 bits per heavy atom. The van der Waals surface area contributed by atoms with Gasteiger partial charge in [0.15, 0.2) is 0 Å². The number of hydrogen-bond acceptors (Lipinski definition) is 3. The Labute approximate surface area is 128 Å². The van der Waals surface area contributed by atoms with Crippen LogP contribution in [0.1, 0.15) is 46.5 Å². The Balaban J connectivity index is 1.82. The summed E-state index contributed by atoms with van der Waals surface area (Å²) in [4.78, 5) is 28.3. The molecular weight excluding hydrogens is 266 g/mol. The van der Waals surface area contributed by atoms with Crippen LogP contribution in [0.4, 0.5) is 0 Å². The average Bonchev–Trinajstić information content (AvgIpc) is 3.19. The predicted octanol–water partition coefficient (Wildman–Crippen LogP) is 1.23. The van der Waals surface area contributed by atoms with Crippen LogP contribution >= 0.6 is 0 Å². The van der Waals surface area contributed by atoms with Gasteiger partial charge in [0.1, 0.15) is 0 Å². The van der Waals surface area contributed by atoms with Crippen molar-refractivity contribution in [1.82, 2.24) is 15.1 Å². The molecule has 2 amide bonds. The van der Waals surface area contributed by atoms with Gasteiger partial charge in [0.2, 0.25) is 11.8 Å². The van der Waals surface area contributed by atoms with Crippen molar-refractivity contribution in [2.24, 2.45) is 5.92 Å². The van der Waals surface area contributed by atoms with E-state index in [9.17, 15) is 9.59 Å². The Hall–Kier alpha value is -1.10. The highest BCUT2D eigenvalue weighted by Gasteiger charge is 2.36. The van der Waals surface area contributed by atoms with Gasteiger partial charge in [0, 0.05) is 31.1 Å². The molecule has 0 radical (unpaired) electrons. The molecule has 1 N–H and O–H groups in total. The summed E-state index contributed by atoms with van der Waals surface area (Å²) in [6.45, 7) is 8.16. The molecule has 1 saturated heterocycles. The van der Waals surface area contributed by atoms with Gasteiger partial charge in [0.25, 0.3) is 0 Å². The van der Waals surface area contributed by atoms with Crippen molar-refractivity contribution in [3.8, 4) is 0 Å². The lowest BCUT2D eigenvalue weighted by Gasteiger charge is -2.37. The third kappa shape index (κ3) is 4.99. The molecule has 1 unspecified atom stereocenters. The van der Waals surface area contributed by atoms with Crippen LogP contribution in [0.15, 0.2) is 0 Å². The molecule has 2 fully saturated rings. The number of likely N-dealkylation sites (N-methyl/N-ethyl adjacent to an activating group) is 1. The highest BCUT2D eigenvalue weighted by Crippen LogP contribution is 2.32. The van der Waals surface area contributed by atoms with Crippen molar-refractivity contribution in [3.05, 3.63) is 0 Å². The first kappa shape index (κ1) is 16.3. The minimum Gasteiger partial charge on any atom is -0.350 e. The molecule has 2 rings (SSSR count). The predicted molar refractivity (Wildman–Crippen MR) is 82.9 cm³/mol. The molecule has 0 aromatic rings. The average molecular weight is 295 g/mol. The number of nitrogens with one attached hydrogen (secondary N) is 1. The largest absolute Gasteiger partial charge is 0.350 e. The first-order valence-corrected chi connectivity index (χ1v) is 8.06. The van der Waals surface area contributed by atoms with Gasteiger partial charge in [-0.2, -0.15) is 0 Å². The fourth-order valence-electron chi connectivity index (χ4n) is 2.95. The van der Waals surface area contributed by atoms with E-state index in [0.29, 0.717) is 12.5 Å². The molecule has 0 aromatic carbocycles. The SMILES string of the molecule is CN(C(=O)C1CC1)C1CCCN(CC(=O)NC(C)(C)C)C1. The number of carbonyl (C=O) groups is 2. The summed E-state index contributed by atoms with van der Waals surface area (Å²) in [7, 11) is 1.92. The van der Waals surface area contributed by atoms with E-state index in [-0.39, 0.29) is 23.4 Å². The second kappa shape index (κ2) is 6.34. The van der Waals surface area contributed by atoms with Gasteiger partial charge in [-0.1, -0.05) is 0 Å². The molecule has 1 atom stereocenters. The standard InChI is InChI=1S/C16H29N3O2/c1-16(2,3)17-14(20)11-19-9-5-6-13(10-19)18(4)15(21)12-7-8-12/h12-13H,5-11H2,1-4H3,(H,17,20). The second-order valence-electron chi connectivity index (χ2n) is 7.55. The van der Waals surface area contributed by atoms with Crippen LogP contribution in [0, 0.1) is 5.92 Å². The van der Waals surface area contributed by atoms with E-state index < -0.39 is 0 Å². The monoisotopic (exact) mass is 295 g/mol. The molecule has 2 aliphatic rings. The lowest BCUT2D eigenvalue weighted by Crippen LogP contribution is -2.52. The normalized spacial score (nSPS) is 23.7. The van der Waals surface area contributed by atoms with E-state index in [1.807, 2.05) is 32.7 Å². The number of rotatable bonds is 4. The fourth-order valence-corrected chi connectivity index (χ4v) is 2.95. The van der Waals surface area contributed by atoms with E-state index in [1.54, 1.807) is 0 Å². The van der Waals surface area contributed by atoms with E-state index in [1.165, 1.54) is 0 Å². The number of piperidine rings is 1. The second-order valence-corrected chi connectivity index (χ2v) is 7.55. The molecule has 5 nitrogen and oxygen atoms in total. The summed E-state index contributed by atoms with van der Waals surface area (Å²) in [6, 6.07) is 0.259. The number of amides is 2. The summed E-state index contributed by atoms with van der Waals surface area (Å²) in [5.41, 5.74) is -0.189. The number of nitrogens with zero attached hydrogens (tertiary/aromatic N) is 2. The summed E-state index contributed by atoms with van der Waals surface area (Å²) in [5, 5.41) is 3.00. The molecule has 0 bridgehead atoms. The first-order chi connectivity index (χ1) is 9.76. The molecule has 0 aromatic heterocycles. The lowest BCUT2D eigenvalue weighted by molar-refractivity contribution is -0.134. The minimum absolute atomic E-state index is 0.0688. The van der Waals surface area contributed by atoms with Crippen LogP contribution in [0.3, 0.4) is 0 Å². The summed E-state index contributed by atoms with van der Waals surface area (Å²) in [5.74, 6) is 0.634. The summed E-state index contributed by atoms with van der Waals surface area (Å²) < 4.78 is 0. The maximum absolute atomic E-state index is 12.1. The quantitative estimate of drug-likeness (QED) is 0.849. The van der Waals surface area contributed by atoms with E-state index in [4.69, 9.17) is 0 Å². The van der Waals surface area contributed by atoms with Gasteiger partial charge in [-0.05, 0) is 53.0 Å². The minimum atomic E-state index is -0.189. The Morgan fingerprint density at radius 2 is 1.90 bits per heavy atom. The van der Waals surface area contributed by atoms with E-state index in [2.05, 4.69) is 10.2 Å². The van der Waals surface area contributed by atoms with Gasteiger partial charge in [0.05, 0.1) is 6.54 Å². The zero-order valence-electron chi connectivity index (χ0n) is 13.8. The van der Waals surface area contributed by atoms with Gasteiger partial charge >= 0.3 is 0 Å². The van der Waals surface area contributed by atoms with Crippen LogP contribution in [0.25, 0.3) is 0 Å². The van der Waals surface area contributed by atoms with Gasteiger partial charge in [-0.3, -0.25) is 14.5 Å². The van der Waals surface area contributed by atoms with Crippen LogP contribution in [0.2, 0.25) is 0 Å². The number of hydrogen-bond donors (Lipinski definition) is 1. The Morgan fingerprint density at radius 1 is 1.24 bits per heavy atom. The van der Waals surface area contributed by atoms with Crippen molar-refractivity contribution in [1.29, 1.82) is 0 Å². The Kier molecular flexibility index (Phi) is 4.91. The first-order valence-electron chi connectivity index (χ1n) is 8.06. The number of likely N-dealkylation sites (tertiary alicyclic amines) is 1. The lowest BCUT2D eigenvalue weighted by atomic mass is 10.0. The third-order valence-electron chi connectivity index (χ3n) is 4.18. The van der Waals surface area contributed by atoms with Crippen LogP contribution in [-0.2, 0) is 9.59 Å². The molecule has 1 aliphatic carbocycles. The zero-order valence-corrected chi connectivity index (χ0v) is 13.8. The van der Waals surface area contributed by atoms with Gasteiger partial charge in [-0.15, -0.1) is 0 Å². The van der Waals surface area contributed by atoms with Crippen molar-refractivity contribution >= 4 is 11.8 Å². The maximum atomic E-state index is 12.1. The van der Waals surface area contributed by atoms with E-state index >= 15 is 0 Å². The molecule has 1 heterocycles. The zero-order chi connectivity index (χ0) is 15.6. The van der Waals surface area contributed by atoms with E-state index in [0.717, 1.165) is 38.8 Å². The van der Waals surface area contributed by atoms with Crippen molar-refractivity contribution in [2.45, 2.75) is 58.0 Å². The topological polar surface area (TPSA) is 52.7 Å². The fraction of sp³-hybridized carbons (Fsp3) is 0.875. The van der Waals surface area contributed by atoms with Crippen molar-refractivity contribution < 1.29 is 9.59 Å². The highest BCUT2D eigenvalue weighted by atomic mass is 16.2. The Bertz CT molecular complexity index is 399. The van der Waals surface area contributed by atoms with Crippen LogP contribution in [-0.4, -0.2) is 59.9 Å². The maximum Gasteiger partial charge on any atom is 0.234 e.